The summed E-state index contributed by atoms with van der Waals surface area (Å²) in [5, 5.41) is 7.51. The molecule has 0 aliphatic rings. The molecule has 0 spiro atoms. The Labute approximate surface area is 82.3 Å². The number of aromatic nitrogens is 3. The fourth-order valence-corrected chi connectivity index (χ4v) is 1.35. The van der Waals surface area contributed by atoms with E-state index < -0.39 is 0 Å². The average Bonchev–Trinajstić information content (AvgIpc) is 2.53. The molecule has 13 heavy (non-hydrogen) atoms. The summed E-state index contributed by atoms with van der Waals surface area (Å²) in [4.78, 5) is 0. The molecule has 0 radical (unpaired) electrons. The van der Waals surface area contributed by atoms with Gasteiger partial charge in [-0.2, -0.15) is 0 Å². The molecule has 0 unspecified atom stereocenters. The van der Waals surface area contributed by atoms with Crippen molar-refractivity contribution in [1.29, 1.82) is 0 Å². The van der Waals surface area contributed by atoms with Gasteiger partial charge in [0.15, 0.2) is 0 Å². The second-order valence-corrected chi connectivity index (χ2v) is 3.26. The Balaban J connectivity index is 2.47. The Morgan fingerprint density at radius 1 is 1.23 bits per heavy atom. The van der Waals surface area contributed by atoms with E-state index in [1.165, 1.54) is 12.1 Å². The topological polar surface area (TPSA) is 30.7 Å². The van der Waals surface area contributed by atoms with E-state index in [2.05, 4.69) is 26.2 Å². The number of hydrogen-bond acceptors (Lipinski definition) is 2. The van der Waals surface area contributed by atoms with E-state index in [0.29, 0.717) is 0 Å². The number of benzene rings is 1. The molecule has 0 saturated carbocycles. The number of rotatable bonds is 1. The van der Waals surface area contributed by atoms with E-state index >= 15 is 0 Å². The van der Waals surface area contributed by atoms with Crippen molar-refractivity contribution in [3.05, 3.63) is 40.9 Å². The molecule has 2 aromatic rings. The molecule has 5 heteroatoms. The molecule has 0 atom stereocenters. The average molecular weight is 242 g/mol. The van der Waals surface area contributed by atoms with Gasteiger partial charge in [0.05, 0.1) is 11.9 Å². The lowest BCUT2D eigenvalue weighted by atomic mass is 10.3. The molecule has 0 amide bonds. The van der Waals surface area contributed by atoms with Crippen LogP contribution in [0.4, 0.5) is 4.39 Å². The lowest BCUT2D eigenvalue weighted by Crippen LogP contribution is -1.96. The molecule has 1 aromatic heterocycles. The van der Waals surface area contributed by atoms with Gasteiger partial charge in [0.1, 0.15) is 10.4 Å². The highest BCUT2D eigenvalue weighted by molar-refractivity contribution is 9.10. The predicted molar refractivity (Wildman–Crippen MR) is 49.0 cm³/mol. The van der Waals surface area contributed by atoms with Gasteiger partial charge in [-0.25, -0.2) is 9.07 Å². The van der Waals surface area contributed by atoms with Gasteiger partial charge in [0, 0.05) is 0 Å². The highest BCUT2D eigenvalue weighted by atomic mass is 79.9. The van der Waals surface area contributed by atoms with Crippen molar-refractivity contribution in [2.75, 3.05) is 0 Å². The van der Waals surface area contributed by atoms with Gasteiger partial charge in [-0.15, -0.1) is 5.10 Å². The SMILES string of the molecule is Fc1ccc(-n2nncc2Br)cc1. The lowest BCUT2D eigenvalue weighted by Gasteiger charge is -2.00. The molecule has 2 rings (SSSR count). The van der Waals surface area contributed by atoms with E-state index in [9.17, 15) is 4.39 Å². The summed E-state index contributed by atoms with van der Waals surface area (Å²) < 4.78 is 14.9. The van der Waals surface area contributed by atoms with Crippen LogP contribution in [-0.2, 0) is 0 Å². The van der Waals surface area contributed by atoms with Crippen molar-refractivity contribution in [3.8, 4) is 5.69 Å². The Hall–Kier alpha value is -1.23. The third kappa shape index (κ3) is 1.60. The number of halogens is 2. The molecule has 0 aliphatic heterocycles. The van der Waals surface area contributed by atoms with Gasteiger partial charge in [-0.05, 0) is 40.2 Å². The maximum absolute atomic E-state index is 12.6. The zero-order valence-electron chi connectivity index (χ0n) is 6.48. The maximum atomic E-state index is 12.6. The van der Waals surface area contributed by atoms with Crippen LogP contribution in [0.3, 0.4) is 0 Å². The molecule has 0 saturated heterocycles. The second kappa shape index (κ2) is 3.26. The second-order valence-electron chi connectivity index (χ2n) is 2.44. The molecular weight excluding hydrogens is 237 g/mol. The largest absolute Gasteiger partial charge is 0.207 e. The van der Waals surface area contributed by atoms with Gasteiger partial charge in [-0.3, -0.25) is 0 Å². The number of hydrogen-bond donors (Lipinski definition) is 0. The summed E-state index contributed by atoms with van der Waals surface area (Å²) in [7, 11) is 0. The van der Waals surface area contributed by atoms with Gasteiger partial charge in [0.25, 0.3) is 0 Å². The molecule has 0 aliphatic carbocycles. The van der Waals surface area contributed by atoms with E-state index in [-0.39, 0.29) is 5.82 Å². The first-order valence-electron chi connectivity index (χ1n) is 3.59. The lowest BCUT2D eigenvalue weighted by molar-refractivity contribution is 0.626. The first kappa shape index (κ1) is 8.37. The fraction of sp³-hybridized carbons (Fsp3) is 0. The molecule has 0 fully saturated rings. The molecule has 0 bridgehead atoms. The van der Waals surface area contributed by atoms with Crippen LogP contribution in [0.25, 0.3) is 5.69 Å². The van der Waals surface area contributed by atoms with Gasteiger partial charge in [0.2, 0.25) is 0 Å². The molecule has 0 N–H and O–H groups in total. The van der Waals surface area contributed by atoms with E-state index in [1.807, 2.05) is 0 Å². The first-order valence-corrected chi connectivity index (χ1v) is 4.39. The minimum absolute atomic E-state index is 0.264. The molecule has 3 nitrogen and oxygen atoms in total. The third-order valence-corrected chi connectivity index (χ3v) is 2.12. The first-order chi connectivity index (χ1) is 6.27. The van der Waals surface area contributed by atoms with Gasteiger partial charge < -0.3 is 0 Å². The van der Waals surface area contributed by atoms with Crippen molar-refractivity contribution >= 4 is 15.9 Å². The van der Waals surface area contributed by atoms with Crippen LogP contribution in [-0.4, -0.2) is 15.0 Å². The van der Waals surface area contributed by atoms with Crippen LogP contribution in [0.1, 0.15) is 0 Å². The highest BCUT2D eigenvalue weighted by Gasteiger charge is 2.02. The van der Waals surface area contributed by atoms with Gasteiger partial charge in [-0.1, -0.05) is 5.21 Å². The van der Waals surface area contributed by atoms with Crippen LogP contribution < -0.4 is 0 Å². The smallest absolute Gasteiger partial charge is 0.130 e. The Bertz CT molecular complexity index is 410. The fourth-order valence-electron chi connectivity index (χ4n) is 0.980. The Kier molecular flexibility index (Phi) is 2.10. The third-order valence-electron chi connectivity index (χ3n) is 1.58. The van der Waals surface area contributed by atoms with Gasteiger partial charge >= 0.3 is 0 Å². The van der Waals surface area contributed by atoms with Crippen LogP contribution in [0, 0.1) is 5.82 Å². The molecule has 1 heterocycles. The van der Waals surface area contributed by atoms with Crippen molar-refractivity contribution in [2.45, 2.75) is 0 Å². The van der Waals surface area contributed by atoms with Crippen LogP contribution >= 0.6 is 15.9 Å². The maximum Gasteiger partial charge on any atom is 0.130 e. The van der Waals surface area contributed by atoms with Crippen LogP contribution in [0.5, 0.6) is 0 Å². The van der Waals surface area contributed by atoms with E-state index in [0.717, 1.165) is 10.3 Å². The summed E-state index contributed by atoms with van der Waals surface area (Å²) in [6, 6.07) is 6.02. The standard InChI is InChI=1S/C8H5BrFN3/c9-8-5-11-12-13(8)7-3-1-6(10)2-4-7/h1-5H. The summed E-state index contributed by atoms with van der Waals surface area (Å²) in [5.74, 6) is -0.264. The zero-order valence-corrected chi connectivity index (χ0v) is 8.07. The summed E-state index contributed by atoms with van der Waals surface area (Å²) in [6.45, 7) is 0. The Morgan fingerprint density at radius 2 is 1.92 bits per heavy atom. The quantitative estimate of drug-likeness (QED) is 0.767. The van der Waals surface area contributed by atoms with Crippen LogP contribution in [0.15, 0.2) is 35.1 Å². The summed E-state index contributed by atoms with van der Waals surface area (Å²) in [6.07, 6.45) is 1.57. The van der Waals surface area contributed by atoms with Crippen molar-refractivity contribution < 1.29 is 4.39 Å². The zero-order chi connectivity index (χ0) is 9.26. The van der Waals surface area contributed by atoms with E-state index in [1.54, 1.807) is 23.0 Å². The summed E-state index contributed by atoms with van der Waals surface area (Å²) in [5.41, 5.74) is 0.769. The molecular formula is C8H5BrFN3. The molecule has 1 aromatic carbocycles. The Morgan fingerprint density at radius 3 is 2.46 bits per heavy atom. The van der Waals surface area contributed by atoms with E-state index in [4.69, 9.17) is 0 Å². The monoisotopic (exact) mass is 241 g/mol. The highest BCUT2D eigenvalue weighted by Crippen LogP contribution is 2.14. The van der Waals surface area contributed by atoms with Crippen LogP contribution in [0.2, 0.25) is 0 Å². The van der Waals surface area contributed by atoms with Crippen molar-refractivity contribution in [3.63, 3.8) is 0 Å². The minimum atomic E-state index is -0.264. The predicted octanol–water partition coefficient (Wildman–Crippen LogP) is 2.17. The molecule has 66 valence electrons. The normalized spacial score (nSPS) is 10.3. The van der Waals surface area contributed by atoms with Crippen molar-refractivity contribution in [2.24, 2.45) is 0 Å². The van der Waals surface area contributed by atoms with Crippen molar-refractivity contribution in [1.82, 2.24) is 15.0 Å². The minimum Gasteiger partial charge on any atom is -0.207 e. The number of nitrogens with zero attached hydrogens (tertiary/aromatic N) is 3. The summed E-state index contributed by atoms with van der Waals surface area (Å²) >= 11 is 3.27.